The molecule has 0 spiro atoms. The van der Waals surface area contributed by atoms with Crippen molar-refractivity contribution in [2.45, 2.75) is 13.2 Å². The molecule has 0 aliphatic rings. The van der Waals surface area contributed by atoms with Gasteiger partial charge in [0.15, 0.2) is 0 Å². The fourth-order valence-corrected chi connectivity index (χ4v) is 2.75. The highest BCUT2D eigenvalue weighted by Crippen LogP contribution is 2.24. The molecule has 0 saturated heterocycles. The molecule has 0 atom stereocenters. The Balaban J connectivity index is 1.57. The van der Waals surface area contributed by atoms with Gasteiger partial charge in [0, 0.05) is 11.6 Å². The Morgan fingerprint density at radius 1 is 0.926 bits per heavy atom. The van der Waals surface area contributed by atoms with Gasteiger partial charge in [0.2, 0.25) is 0 Å². The molecule has 3 rings (SSSR count). The Morgan fingerprint density at radius 2 is 1.59 bits per heavy atom. The first-order valence-electron chi connectivity index (χ1n) is 8.24. The Morgan fingerprint density at radius 3 is 2.26 bits per heavy atom. The van der Waals surface area contributed by atoms with E-state index in [0.29, 0.717) is 28.9 Å². The highest BCUT2D eigenvalue weighted by atomic mass is 35.5. The van der Waals surface area contributed by atoms with Crippen LogP contribution in [0, 0.1) is 0 Å². The smallest absolute Gasteiger partial charge is 0.335 e. The number of carbonyl (C=O) groups is 1. The van der Waals surface area contributed by atoms with Gasteiger partial charge in [0.25, 0.3) is 0 Å². The van der Waals surface area contributed by atoms with Crippen molar-refractivity contribution in [3.05, 3.63) is 93.5 Å². The molecular formula is C21H17Cl2NO3. The predicted molar refractivity (Wildman–Crippen MR) is 108 cm³/mol. The minimum Gasteiger partial charge on any atom is -0.489 e. The van der Waals surface area contributed by atoms with Crippen LogP contribution >= 0.6 is 23.2 Å². The summed E-state index contributed by atoms with van der Waals surface area (Å²) in [7, 11) is 0. The Bertz CT molecular complexity index is 925. The summed E-state index contributed by atoms with van der Waals surface area (Å²) in [5, 5.41) is 13.4. The molecule has 0 bridgehead atoms. The molecular weight excluding hydrogens is 385 g/mol. The largest absolute Gasteiger partial charge is 0.489 e. The van der Waals surface area contributed by atoms with Gasteiger partial charge >= 0.3 is 5.97 Å². The molecule has 0 saturated carbocycles. The highest BCUT2D eigenvalue weighted by Gasteiger charge is 2.07. The standard InChI is InChI=1S/C21H17Cl2NO3/c22-17-6-1-15(2-7-17)13-27-18-8-3-14(4-9-18)12-24-20-11-16(21(25)26)5-10-19(20)23/h1-11,24H,12-13H2,(H,25,26). The third kappa shape index (κ3) is 5.39. The molecule has 0 amide bonds. The Kier molecular flexibility index (Phi) is 6.22. The second kappa shape index (κ2) is 8.80. The number of rotatable bonds is 7. The summed E-state index contributed by atoms with van der Waals surface area (Å²) >= 11 is 12.0. The minimum atomic E-state index is -0.989. The predicted octanol–water partition coefficient (Wildman–Crippen LogP) is 5.88. The van der Waals surface area contributed by atoms with E-state index in [1.54, 1.807) is 6.07 Å². The first-order chi connectivity index (χ1) is 13.0. The van der Waals surface area contributed by atoms with E-state index < -0.39 is 5.97 Å². The number of aromatic carboxylic acids is 1. The van der Waals surface area contributed by atoms with E-state index in [1.807, 2.05) is 48.5 Å². The number of carboxylic acid groups (broad SMARTS) is 1. The average Bonchev–Trinajstić information content (AvgIpc) is 2.67. The third-order valence-corrected chi connectivity index (χ3v) is 4.52. The van der Waals surface area contributed by atoms with Crippen molar-refractivity contribution in [3.63, 3.8) is 0 Å². The van der Waals surface area contributed by atoms with E-state index in [4.69, 9.17) is 33.0 Å². The number of hydrogen-bond acceptors (Lipinski definition) is 3. The van der Waals surface area contributed by atoms with Crippen LogP contribution in [0.2, 0.25) is 10.0 Å². The minimum absolute atomic E-state index is 0.188. The van der Waals surface area contributed by atoms with Gasteiger partial charge in [-0.2, -0.15) is 0 Å². The lowest BCUT2D eigenvalue weighted by Crippen LogP contribution is -2.03. The second-order valence-electron chi connectivity index (χ2n) is 5.91. The molecule has 4 nitrogen and oxygen atoms in total. The molecule has 0 unspecified atom stereocenters. The maximum Gasteiger partial charge on any atom is 0.335 e. The van der Waals surface area contributed by atoms with Crippen molar-refractivity contribution in [3.8, 4) is 5.75 Å². The van der Waals surface area contributed by atoms with Crippen LogP contribution in [0.5, 0.6) is 5.75 Å². The number of carboxylic acids is 1. The second-order valence-corrected chi connectivity index (χ2v) is 6.76. The quantitative estimate of drug-likeness (QED) is 0.518. The van der Waals surface area contributed by atoms with Crippen LogP contribution < -0.4 is 10.1 Å². The van der Waals surface area contributed by atoms with Gasteiger partial charge in [-0.3, -0.25) is 0 Å². The summed E-state index contributed by atoms with van der Waals surface area (Å²) in [6.45, 7) is 0.979. The summed E-state index contributed by atoms with van der Waals surface area (Å²) < 4.78 is 5.76. The van der Waals surface area contributed by atoms with Gasteiger partial charge in [0.05, 0.1) is 16.3 Å². The number of hydrogen-bond donors (Lipinski definition) is 2. The van der Waals surface area contributed by atoms with E-state index in [-0.39, 0.29) is 5.56 Å². The fourth-order valence-electron chi connectivity index (χ4n) is 2.44. The van der Waals surface area contributed by atoms with E-state index in [1.165, 1.54) is 12.1 Å². The van der Waals surface area contributed by atoms with Gasteiger partial charge in [-0.1, -0.05) is 47.5 Å². The van der Waals surface area contributed by atoms with Gasteiger partial charge in [0.1, 0.15) is 12.4 Å². The van der Waals surface area contributed by atoms with Gasteiger partial charge < -0.3 is 15.2 Å². The van der Waals surface area contributed by atoms with Crippen LogP contribution in [0.4, 0.5) is 5.69 Å². The lowest BCUT2D eigenvalue weighted by atomic mass is 10.1. The molecule has 3 aromatic rings. The van der Waals surface area contributed by atoms with E-state index in [0.717, 1.165) is 16.9 Å². The monoisotopic (exact) mass is 401 g/mol. The maximum absolute atomic E-state index is 11.1. The summed E-state index contributed by atoms with van der Waals surface area (Å²) in [6, 6.07) is 19.8. The summed E-state index contributed by atoms with van der Waals surface area (Å²) in [5.74, 6) is -0.225. The average molecular weight is 402 g/mol. The number of halogens is 2. The molecule has 138 valence electrons. The number of benzene rings is 3. The van der Waals surface area contributed by atoms with Crippen molar-refractivity contribution in [2.75, 3.05) is 5.32 Å². The lowest BCUT2D eigenvalue weighted by Gasteiger charge is -2.11. The molecule has 2 N–H and O–H groups in total. The normalized spacial score (nSPS) is 10.4. The van der Waals surface area contributed by atoms with E-state index in [2.05, 4.69) is 5.32 Å². The first-order valence-corrected chi connectivity index (χ1v) is 9.00. The van der Waals surface area contributed by atoms with Crippen LogP contribution in [0.25, 0.3) is 0 Å². The van der Waals surface area contributed by atoms with Crippen molar-refractivity contribution < 1.29 is 14.6 Å². The molecule has 0 radical (unpaired) electrons. The Labute approximate surface area is 167 Å². The SMILES string of the molecule is O=C(O)c1ccc(Cl)c(NCc2ccc(OCc3ccc(Cl)cc3)cc2)c1. The molecule has 0 aliphatic carbocycles. The molecule has 27 heavy (non-hydrogen) atoms. The summed E-state index contributed by atoms with van der Waals surface area (Å²) in [6.07, 6.45) is 0. The zero-order valence-electron chi connectivity index (χ0n) is 14.3. The zero-order valence-corrected chi connectivity index (χ0v) is 15.8. The topological polar surface area (TPSA) is 58.6 Å². The lowest BCUT2D eigenvalue weighted by molar-refractivity contribution is 0.0697. The van der Waals surface area contributed by atoms with Crippen LogP contribution in [-0.4, -0.2) is 11.1 Å². The molecule has 3 aromatic carbocycles. The van der Waals surface area contributed by atoms with Gasteiger partial charge in [-0.15, -0.1) is 0 Å². The van der Waals surface area contributed by atoms with Crippen molar-refractivity contribution >= 4 is 34.9 Å². The highest BCUT2D eigenvalue weighted by molar-refractivity contribution is 6.33. The maximum atomic E-state index is 11.1. The van der Waals surface area contributed by atoms with Crippen molar-refractivity contribution in [1.82, 2.24) is 0 Å². The van der Waals surface area contributed by atoms with Crippen LogP contribution in [0.15, 0.2) is 66.7 Å². The third-order valence-electron chi connectivity index (χ3n) is 3.94. The number of nitrogens with one attached hydrogen (secondary N) is 1. The number of ether oxygens (including phenoxy) is 1. The fraction of sp³-hybridized carbons (Fsp3) is 0.0952. The number of anilines is 1. The first kappa shape index (κ1) is 19.1. The van der Waals surface area contributed by atoms with Crippen molar-refractivity contribution in [1.29, 1.82) is 0 Å². The summed E-state index contributed by atoms with van der Waals surface area (Å²) in [4.78, 5) is 11.1. The van der Waals surface area contributed by atoms with Crippen LogP contribution in [0.1, 0.15) is 21.5 Å². The van der Waals surface area contributed by atoms with Crippen LogP contribution in [0.3, 0.4) is 0 Å². The zero-order chi connectivity index (χ0) is 19.2. The molecule has 0 aliphatic heterocycles. The van der Waals surface area contributed by atoms with Crippen LogP contribution in [-0.2, 0) is 13.2 Å². The summed E-state index contributed by atoms with van der Waals surface area (Å²) in [5.41, 5.74) is 2.83. The van der Waals surface area contributed by atoms with E-state index >= 15 is 0 Å². The Hall–Kier alpha value is -2.69. The molecule has 0 aromatic heterocycles. The van der Waals surface area contributed by atoms with E-state index in [9.17, 15) is 4.79 Å². The van der Waals surface area contributed by atoms with Crippen molar-refractivity contribution in [2.24, 2.45) is 0 Å². The molecule has 0 fully saturated rings. The van der Waals surface area contributed by atoms with Gasteiger partial charge in [-0.05, 0) is 53.6 Å². The molecule has 6 heteroatoms. The molecule has 0 heterocycles. The van der Waals surface area contributed by atoms with Gasteiger partial charge in [-0.25, -0.2) is 4.79 Å².